The second kappa shape index (κ2) is 11.1. The van der Waals surface area contributed by atoms with E-state index in [4.69, 9.17) is 5.73 Å². The summed E-state index contributed by atoms with van der Waals surface area (Å²) in [6, 6.07) is 8.51. The maximum atomic E-state index is 12.2. The van der Waals surface area contributed by atoms with Crippen molar-refractivity contribution < 1.29 is 4.79 Å². The van der Waals surface area contributed by atoms with E-state index in [0.29, 0.717) is 12.3 Å². The molecule has 2 fully saturated rings. The van der Waals surface area contributed by atoms with Crippen LogP contribution in [0.15, 0.2) is 24.3 Å². The van der Waals surface area contributed by atoms with E-state index in [0.717, 1.165) is 37.4 Å². The van der Waals surface area contributed by atoms with Crippen molar-refractivity contribution in [3.63, 3.8) is 0 Å². The number of benzene rings is 1. The Morgan fingerprint density at radius 1 is 1.12 bits per heavy atom. The second-order valence-electron chi connectivity index (χ2n) is 7.76. The van der Waals surface area contributed by atoms with Crippen molar-refractivity contribution >= 4 is 36.4 Å². The standard InChI is InChI=1S/C20H31N3O.2ClH/c1-15-9-11-23(12-10-15)14-16-5-7-18(8-6-16)22-20(24)13-17-3-2-4-19(17)21;;/h5-8,15,17,19H,2-4,9-14,21H2,1H3,(H,22,24);2*1H/t17-,19+;;/m0../s1. The van der Waals surface area contributed by atoms with E-state index < -0.39 is 0 Å². The highest BCUT2D eigenvalue weighted by Gasteiger charge is 2.26. The van der Waals surface area contributed by atoms with E-state index in [1.54, 1.807) is 0 Å². The molecule has 1 aliphatic carbocycles. The first kappa shape index (κ1) is 23.2. The van der Waals surface area contributed by atoms with Crippen molar-refractivity contribution in [1.29, 1.82) is 0 Å². The Labute approximate surface area is 170 Å². The monoisotopic (exact) mass is 401 g/mol. The Morgan fingerprint density at radius 3 is 2.35 bits per heavy atom. The number of halogens is 2. The number of nitrogens with one attached hydrogen (secondary N) is 1. The van der Waals surface area contributed by atoms with Crippen molar-refractivity contribution in [3.05, 3.63) is 29.8 Å². The van der Waals surface area contributed by atoms with Gasteiger partial charge in [0, 0.05) is 24.7 Å². The third kappa shape index (κ3) is 6.73. The van der Waals surface area contributed by atoms with Gasteiger partial charge in [0.1, 0.15) is 0 Å². The van der Waals surface area contributed by atoms with Gasteiger partial charge in [0.2, 0.25) is 5.91 Å². The van der Waals surface area contributed by atoms with Crippen molar-refractivity contribution in [2.45, 2.75) is 58.0 Å². The molecule has 26 heavy (non-hydrogen) atoms. The van der Waals surface area contributed by atoms with Crippen molar-refractivity contribution in [3.8, 4) is 0 Å². The molecule has 2 aliphatic rings. The van der Waals surface area contributed by atoms with Crippen LogP contribution in [0.25, 0.3) is 0 Å². The summed E-state index contributed by atoms with van der Waals surface area (Å²) in [6.07, 6.45) is 6.46. The summed E-state index contributed by atoms with van der Waals surface area (Å²) in [5, 5.41) is 3.02. The van der Waals surface area contributed by atoms with Gasteiger partial charge < -0.3 is 11.1 Å². The lowest BCUT2D eigenvalue weighted by atomic mass is 9.99. The maximum Gasteiger partial charge on any atom is 0.224 e. The Morgan fingerprint density at radius 2 is 1.77 bits per heavy atom. The number of anilines is 1. The zero-order valence-electron chi connectivity index (χ0n) is 15.7. The van der Waals surface area contributed by atoms with Gasteiger partial charge >= 0.3 is 0 Å². The highest BCUT2D eigenvalue weighted by Crippen LogP contribution is 2.27. The molecule has 1 aromatic carbocycles. The molecule has 1 aliphatic heterocycles. The van der Waals surface area contributed by atoms with Crippen LogP contribution in [0.5, 0.6) is 0 Å². The van der Waals surface area contributed by atoms with Crippen LogP contribution < -0.4 is 11.1 Å². The van der Waals surface area contributed by atoms with E-state index in [1.807, 2.05) is 12.1 Å². The molecule has 1 saturated carbocycles. The summed E-state index contributed by atoms with van der Waals surface area (Å²) in [5.41, 5.74) is 8.26. The van der Waals surface area contributed by atoms with Gasteiger partial charge in [-0.1, -0.05) is 25.5 Å². The number of likely N-dealkylation sites (tertiary alicyclic amines) is 1. The quantitative estimate of drug-likeness (QED) is 0.776. The topological polar surface area (TPSA) is 58.4 Å². The number of carbonyl (C=O) groups excluding carboxylic acids is 1. The van der Waals surface area contributed by atoms with E-state index >= 15 is 0 Å². The molecule has 3 rings (SSSR count). The molecule has 1 amide bonds. The normalized spacial score (nSPS) is 23.8. The lowest BCUT2D eigenvalue weighted by Gasteiger charge is -2.30. The van der Waals surface area contributed by atoms with E-state index in [2.05, 4.69) is 29.3 Å². The minimum absolute atomic E-state index is 0. The van der Waals surface area contributed by atoms with E-state index in [-0.39, 0.29) is 36.8 Å². The van der Waals surface area contributed by atoms with Gasteiger partial charge in [-0.2, -0.15) is 0 Å². The van der Waals surface area contributed by atoms with Gasteiger partial charge in [0.25, 0.3) is 0 Å². The molecule has 0 radical (unpaired) electrons. The Balaban J connectivity index is 0.00000169. The third-order valence-electron chi connectivity index (χ3n) is 5.69. The molecular formula is C20H33Cl2N3O. The number of rotatable bonds is 5. The average molecular weight is 402 g/mol. The smallest absolute Gasteiger partial charge is 0.224 e. The average Bonchev–Trinajstić information content (AvgIpc) is 2.96. The predicted octanol–water partition coefficient (Wildman–Crippen LogP) is 4.22. The van der Waals surface area contributed by atoms with Gasteiger partial charge in [0.05, 0.1) is 0 Å². The lowest BCUT2D eigenvalue weighted by molar-refractivity contribution is -0.117. The number of nitrogens with zero attached hydrogens (tertiary/aromatic N) is 1. The van der Waals surface area contributed by atoms with Crippen molar-refractivity contribution in [2.75, 3.05) is 18.4 Å². The van der Waals surface area contributed by atoms with Crippen molar-refractivity contribution in [1.82, 2.24) is 4.90 Å². The van der Waals surface area contributed by atoms with Crippen molar-refractivity contribution in [2.24, 2.45) is 17.6 Å². The molecule has 0 spiro atoms. The van der Waals surface area contributed by atoms with Crippen LogP contribution in [-0.2, 0) is 11.3 Å². The zero-order valence-corrected chi connectivity index (χ0v) is 17.3. The number of amides is 1. The van der Waals surface area contributed by atoms with Crippen LogP contribution in [0, 0.1) is 11.8 Å². The minimum atomic E-state index is 0. The Hall–Kier alpha value is -0.810. The molecular weight excluding hydrogens is 369 g/mol. The van der Waals surface area contributed by atoms with Crippen LogP contribution in [0.4, 0.5) is 5.69 Å². The number of nitrogens with two attached hydrogens (primary N) is 1. The molecule has 6 heteroatoms. The highest BCUT2D eigenvalue weighted by molar-refractivity contribution is 5.90. The minimum Gasteiger partial charge on any atom is -0.327 e. The number of carbonyl (C=O) groups is 1. The van der Waals surface area contributed by atoms with Gasteiger partial charge in [0.15, 0.2) is 0 Å². The van der Waals surface area contributed by atoms with Gasteiger partial charge in [-0.15, -0.1) is 24.8 Å². The van der Waals surface area contributed by atoms with Gasteiger partial charge in [-0.3, -0.25) is 9.69 Å². The second-order valence-corrected chi connectivity index (χ2v) is 7.76. The summed E-state index contributed by atoms with van der Waals surface area (Å²) < 4.78 is 0. The molecule has 1 saturated heterocycles. The third-order valence-corrected chi connectivity index (χ3v) is 5.69. The SMILES string of the molecule is CC1CCN(Cc2ccc(NC(=O)C[C@@H]3CCC[C@H]3N)cc2)CC1.Cl.Cl. The maximum absolute atomic E-state index is 12.2. The summed E-state index contributed by atoms with van der Waals surface area (Å²) >= 11 is 0. The molecule has 3 N–H and O–H groups in total. The molecule has 4 nitrogen and oxygen atoms in total. The molecule has 1 aromatic rings. The first-order valence-corrected chi connectivity index (χ1v) is 9.47. The molecule has 2 atom stereocenters. The fourth-order valence-corrected chi connectivity index (χ4v) is 3.94. The predicted molar refractivity (Wildman–Crippen MR) is 113 cm³/mol. The number of hydrogen-bond acceptors (Lipinski definition) is 3. The van der Waals surface area contributed by atoms with Gasteiger partial charge in [-0.25, -0.2) is 0 Å². The summed E-state index contributed by atoms with van der Waals surface area (Å²) in [7, 11) is 0. The highest BCUT2D eigenvalue weighted by atomic mass is 35.5. The number of piperidine rings is 1. The van der Waals surface area contributed by atoms with Crippen LogP contribution >= 0.6 is 24.8 Å². The first-order chi connectivity index (χ1) is 11.6. The van der Waals surface area contributed by atoms with E-state index in [1.165, 1.54) is 31.5 Å². The Bertz CT molecular complexity index is 544. The largest absolute Gasteiger partial charge is 0.327 e. The fourth-order valence-electron chi connectivity index (χ4n) is 3.94. The summed E-state index contributed by atoms with van der Waals surface area (Å²) in [4.78, 5) is 14.7. The molecule has 0 bridgehead atoms. The van der Waals surface area contributed by atoms with Crippen LogP contribution in [0.3, 0.4) is 0 Å². The lowest BCUT2D eigenvalue weighted by Crippen LogP contribution is -2.32. The number of hydrogen-bond donors (Lipinski definition) is 2. The summed E-state index contributed by atoms with van der Waals surface area (Å²) in [6.45, 7) is 5.74. The first-order valence-electron chi connectivity index (χ1n) is 9.47. The van der Waals surface area contributed by atoms with Gasteiger partial charge in [-0.05, 0) is 68.3 Å². The molecule has 1 heterocycles. The van der Waals surface area contributed by atoms with Crippen LogP contribution in [0.2, 0.25) is 0 Å². The van der Waals surface area contributed by atoms with E-state index in [9.17, 15) is 4.79 Å². The zero-order chi connectivity index (χ0) is 16.9. The molecule has 0 aromatic heterocycles. The fraction of sp³-hybridized carbons (Fsp3) is 0.650. The molecule has 0 unspecified atom stereocenters. The van der Waals surface area contributed by atoms with Crippen LogP contribution in [-0.4, -0.2) is 29.9 Å². The Kier molecular flexibility index (Phi) is 9.94. The summed E-state index contributed by atoms with van der Waals surface area (Å²) in [5.74, 6) is 1.31. The molecule has 148 valence electrons. The van der Waals surface area contributed by atoms with Crippen LogP contribution in [0.1, 0.15) is 51.0 Å².